The van der Waals surface area contributed by atoms with Crippen LogP contribution in [0.5, 0.6) is 0 Å². The molecule has 1 unspecified atom stereocenters. The van der Waals surface area contributed by atoms with Gasteiger partial charge < -0.3 is 10.2 Å². The summed E-state index contributed by atoms with van der Waals surface area (Å²) in [6.45, 7) is 5.59. The maximum Gasteiger partial charge on any atom is 0.275 e. The van der Waals surface area contributed by atoms with Crippen LogP contribution in [0.25, 0.3) is 10.2 Å². The molecular weight excluding hydrogens is 294 g/mol. The SMILES string of the molecule is CCCNC(=O)C[NH+]1CCC[C@H](c2nc3ccccc3s2)C1. The Labute approximate surface area is 135 Å². The number of rotatable bonds is 5. The van der Waals surface area contributed by atoms with Gasteiger partial charge in [0.2, 0.25) is 0 Å². The Hall–Kier alpha value is -1.46. The molecule has 0 radical (unpaired) electrons. The zero-order chi connectivity index (χ0) is 15.4. The monoisotopic (exact) mass is 318 g/mol. The number of para-hydroxylation sites is 1. The Kier molecular flexibility index (Phi) is 5.05. The normalized spacial score (nSPS) is 21.9. The molecule has 1 aliphatic rings. The van der Waals surface area contributed by atoms with Gasteiger partial charge in [-0.15, -0.1) is 11.3 Å². The highest BCUT2D eigenvalue weighted by atomic mass is 32.1. The van der Waals surface area contributed by atoms with E-state index < -0.39 is 0 Å². The van der Waals surface area contributed by atoms with Crippen LogP contribution in [0.1, 0.15) is 37.1 Å². The van der Waals surface area contributed by atoms with Crippen LogP contribution in [-0.4, -0.2) is 37.1 Å². The van der Waals surface area contributed by atoms with E-state index >= 15 is 0 Å². The lowest BCUT2D eigenvalue weighted by Crippen LogP contribution is -3.14. The van der Waals surface area contributed by atoms with Gasteiger partial charge in [0.05, 0.1) is 29.2 Å². The Balaban J connectivity index is 1.63. The van der Waals surface area contributed by atoms with Gasteiger partial charge in [-0.2, -0.15) is 0 Å². The van der Waals surface area contributed by atoms with Gasteiger partial charge in [-0.25, -0.2) is 4.98 Å². The predicted octanol–water partition coefficient (Wildman–Crippen LogP) is 1.58. The summed E-state index contributed by atoms with van der Waals surface area (Å²) >= 11 is 1.81. The van der Waals surface area contributed by atoms with Crippen LogP contribution in [0.3, 0.4) is 0 Å². The number of carbonyl (C=O) groups excluding carboxylic acids is 1. The fourth-order valence-corrected chi connectivity index (χ4v) is 4.24. The van der Waals surface area contributed by atoms with Crippen molar-refractivity contribution < 1.29 is 9.69 Å². The van der Waals surface area contributed by atoms with Crippen molar-refractivity contribution in [2.24, 2.45) is 0 Å². The third-order valence-electron chi connectivity index (χ3n) is 4.26. The average molecular weight is 318 g/mol. The first kappa shape index (κ1) is 15.4. The minimum absolute atomic E-state index is 0.182. The van der Waals surface area contributed by atoms with E-state index in [1.807, 2.05) is 17.4 Å². The number of hydrogen-bond acceptors (Lipinski definition) is 3. The van der Waals surface area contributed by atoms with Crippen molar-refractivity contribution in [1.82, 2.24) is 10.3 Å². The summed E-state index contributed by atoms with van der Waals surface area (Å²) in [5.41, 5.74) is 1.11. The molecular formula is C17H24N3OS+. The van der Waals surface area contributed by atoms with E-state index in [4.69, 9.17) is 4.98 Å². The molecule has 118 valence electrons. The van der Waals surface area contributed by atoms with Crippen LogP contribution >= 0.6 is 11.3 Å². The summed E-state index contributed by atoms with van der Waals surface area (Å²) in [5, 5.41) is 4.23. The molecule has 1 aliphatic heterocycles. The number of quaternary nitrogens is 1. The Morgan fingerprint density at radius 1 is 1.45 bits per heavy atom. The second-order valence-corrected chi connectivity index (χ2v) is 7.15. The minimum Gasteiger partial charge on any atom is -0.351 e. The number of thiazole rings is 1. The highest BCUT2D eigenvalue weighted by molar-refractivity contribution is 7.18. The second kappa shape index (κ2) is 7.20. The second-order valence-electron chi connectivity index (χ2n) is 6.09. The standard InChI is InChI=1S/C17H23N3OS/c1-2-9-18-16(21)12-20-10-5-6-13(11-20)17-19-14-7-3-4-8-15(14)22-17/h3-4,7-8,13H,2,5-6,9-12H2,1H3,(H,18,21)/p+1/t13-/m0/s1. The minimum atomic E-state index is 0.182. The van der Waals surface area contributed by atoms with Crippen LogP contribution in [-0.2, 0) is 4.79 Å². The molecule has 1 fully saturated rings. The third-order valence-corrected chi connectivity index (χ3v) is 5.46. The van der Waals surface area contributed by atoms with E-state index in [1.54, 1.807) is 0 Å². The van der Waals surface area contributed by atoms with E-state index in [1.165, 1.54) is 27.4 Å². The van der Waals surface area contributed by atoms with Crippen molar-refractivity contribution in [2.75, 3.05) is 26.2 Å². The van der Waals surface area contributed by atoms with Crippen molar-refractivity contribution >= 4 is 27.5 Å². The molecule has 3 rings (SSSR count). The number of benzene rings is 1. The van der Waals surface area contributed by atoms with E-state index in [9.17, 15) is 4.79 Å². The van der Waals surface area contributed by atoms with Gasteiger partial charge in [-0.05, 0) is 31.4 Å². The summed E-state index contributed by atoms with van der Waals surface area (Å²) < 4.78 is 1.27. The lowest BCUT2D eigenvalue weighted by molar-refractivity contribution is -0.898. The maximum atomic E-state index is 11.9. The molecule has 22 heavy (non-hydrogen) atoms. The van der Waals surface area contributed by atoms with Crippen LogP contribution < -0.4 is 10.2 Å². The molecule has 1 amide bonds. The quantitative estimate of drug-likeness (QED) is 0.879. The van der Waals surface area contributed by atoms with Crippen molar-refractivity contribution in [1.29, 1.82) is 0 Å². The van der Waals surface area contributed by atoms with Gasteiger partial charge in [0, 0.05) is 6.54 Å². The number of fused-ring (bicyclic) bond motifs is 1. The van der Waals surface area contributed by atoms with Gasteiger partial charge in [0.25, 0.3) is 5.91 Å². The molecule has 4 nitrogen and oxygen atoms in total. The lowest BCUT2D eigenvalue weighted by atomic mass is 9.99. The molecule has 2 atom stereocenters. The lowest BCUT2D eigenvalue weighted by Gasteiger charge is -2.28. The van der Waals surface area contributed by atoms with Crippen LogP contribution in [0, 0.1) is 0 Å². The summed E-state index contributed by atoms with van der Waals surface area (Å²) in [7, 11) is 0. The first-order valence-corrected chi connectivity index (χ1v) is 9.03. The zero-order valence-electron chi connectivity index (χ0n) is 13.1. The van der Waals surface area contributed by atoms with Crippen LogP contribution in [0.4, 0.5) is 0 Å². The first-order valence-electron chi connectivity index (χ1n) is 8.22. The summed E-state index contributed by atoms with van der Waals surface area (Å²) in [6, 6.07) is 8.34. The summed E-state index contributed by atoms with van der Waals surface area (Å²) in [5.74, 6) is 0.682. The van der Waals surface area contributed by atoms with Crippen molar-refractivity contribution in [3.8, 4) is 0 Å². The molecule has 5 heteroatoms. The van der Waals surface area contributed by atoms with Gasteiger partial charge in [0.1, 0.15) is 5.01 Å². The van der Waals surface area contributed by atoms with Gasteiger partial charge in [-0.1, -0.05) is 19.1 Å². The van der Waals surface area contributed by atoms with E-state index in [0.29, 0.717) is 12.5 Å². The number of aromatic nitrogens is 1. The first-order chi connectivity index (χ1) is 10.8. The smallest absolute Gasteiger partial charge is 0.275 e. The maximum absolute atomic E-state index is 11.9. The Morgan fingerprint density at radius 2 is 2.32 bits per heavy atom. The molecule has 0 aliphatic carbocycles. The predicted molar refractivity (Wildman–Crippen MR) is 90.5 cm³/mol. The Bertz CT molecular complexity index is 607. The largest absolute Gasteiger partial charge is 0.351 e. The average Bonchev–Trinajstić information content (AvgIpc) is 2.97. The molecule has 1 aromatic heterocycles. The Morgan fingerprint density at radius 3 is 3.14 bits per heavy atom. The highest BCUT2D eigenvalue weighted by Crippen LogP contribution is 2.30. The number of amides is 1. The number of hydrogen-bond donors (Lipinski definition) is 2. The zero-order valence-corrected chi connectivity index (χ0v) is 13.9. The fraction of sp³-hybridized carbons (Fsp3) is 0.529. The van der Waals surface area contributed by atoms with Crippen molar-refractivity contribution in [3.63, 3.8) is 0 Å². The van der Waals surface area contributed by atoms with Crippen LogP contribution in [0.2, 0.25) is 0 Å². The molecule has 2 N–H and O–H groups in total. The molecule has 1 saturated heterocycles. The molecule has 0 saturated carbocycles. The molecule has 1 aromatic carbocycles. The van der Waals surface area contributed by atoms with E-state index in [0.717, 1.165) is 31.6 Å². The van der Waals surface area contributed by atoms with Crippen molar-refractivity contribution in [2.45, 2.75) is 32.1 Å². The molecule has 0 spiro atoms. The van der Waals surface area contributed by atoms with Gasteiger partial charge >= 0.3 is 0 Å². The summed E-state index contributed by atoms with van der Waals surface area (Å²) in [6.07, 6.45) is 3.37. The molecule has 0 bridgehead atoms. The number of likely N-dealkylation sites (tertiary alicyclic amines) is 1. The van der Waals surface area contributed by atoms with Gasteiger partial charge in [-0.3, -0.25) is 4.79 Å². The number of piperidine rings is 1. The number of nitrogens with one attached hydrogen (secondary N) is 2. The van der Waals surface area contributed by atoms with Gasteiger partial charge in [0.15, 0.2) is 6.54 Å². The highest BCUT2D eigenvalue weighted by Gasteiger charge is 2.28. The third kappa shape index (κ3) is 3.65. The molecule has 2 aromatic rings. The fourth-order valence-electron chi connectivity index (χ4n) is 3.14. The van der Waals surface area contributed by atoms with Crippen LogP contribution in [0.15, 0.2) is 24.3 Å². The summed E-state index contributed by atoms with van der Waals surface area (Å²) in [4.78, 5) is 18.1. The van der Waals surface area contributed by atoms with Crippen molar-refractivity contribution in [3.05, 3.63) is 29.3 Å². The molecule has 2 heterocycles. The van der Waals surface area contributed by atoms with E-state index in [-0.39, 0.29) is 5.91 Å². The number of carbonyl (C=O) groups is 1. The topological polar surface area (TPSA) is 46.4 Å². The number of nitrogens with zero attached hydrogens (tertiary/aromatic N) is 1. The van der Waals surface area contributed by atoms with E-state index in [2.05, 4.69) is 30.4 Å².